The molecule has 0 aliphatic rings. The van der Waals surface area contributed by atoms with Crippen molar-refractivity contribution in [3.05, 3.63) is 126 Å². The van der Waals surface area contributed by atoms with Crippen molar-refractivity contribution in [3.63, 3.8) is 0 Å². The monoisotopic (exact) mass is 645 g/mol. The van der Waals surface area contributed by atoms with Crippen molar-refractivity contribution >= 4 is 27.5 Å². The second kappa shape index (κ2) is 16.0. The molecule has 0 unspecified atom stereocenters. The average Bonchev–Trinajstić information content (AvgIpc) is 3.07. The van der Waals surface area contributed by atoms with Gasteiger partial charge in [0.15, 0.2) is 0 Å². The van der Waals surface area contributed by atoms with Crippen molar-refractivity contribution in [3.8, 4) is 5.75 Å². The van der Waals surface area contributed by atoms with Gasteiger partial charge in [-0.25, -0.2) is 12.8 Å². The maximum absolute atomic E-state index is 14.5. The third kappa shape index (κ3) is 8.94. The summed E-state index contributed by atoms with van der Waals surface area (Å²) in [5.41, 5.74) is 1.66. The fourth-order valence-electron chi connectivity index (χ4n) is 4.91. The van der Waals surface area contributed by atoms with Crippen LogP contribution in [0.5, 0.6) is 5.75 Å². The van der Waals surface area contributed by atoms with Gasteiger partial charge in [-0.15, -0.1) is 0 Å². The van der Waals surface area contributed by atoms with Crippen molar-refractivity contribution in [2.24, 2.45) is 0 Å². The molecule has 1 N–H and O–H groups in total. The molecule has 0 saturated heterocycles. The third-order valence-corrected chi connectivity index (χ3v) is 9.37. The van der Waals surface area contributed by atoms with Crippen LogP contribution in [0.4, 0.5) is 10.1 Å². The molecule has 0 spiro atoms. The van der Waals surface area contributed by atoms with E-state index in [2.05, 4.69) is 5.32 Å². The van der Waals surface area contributed by atoms with Crippen molar-refractivity contribution in [2.45, 2.75) is 57.1 Å². The van der Waals surface area contributed by atoms with Gasteiger partial charge in [-0.1, -0.05) is 67.6 Å². The number of carbonyl (C=O) groups is 2. The van der Waals surface area contributed by atoms with E-state index in [0.29, 0.717) is 24.3 Å². The van der Waals surface area contributed by atoms with Crippen LogP contribution in [0.3, 0.4) is 0 Å². The van der Waals surface area contributed by atoms with Gasteiger partial charge < -0.3 is 15.0 Å². The average molecular weight is 646 g/mol. The summed E-state index contributed by atoms with van der Waals surface area (Å²) in [6.07, 6.45) is 0.862. The zero-order chi connectivity index (χ0) is 33.1. The molecule has 0 aliphatic carbocycles. The van der Waals surface area contributed by atoms with Gasteiger partial charge in [0.05, 0.1) is 17.2 Å². The minimum absolute atomic E-state index is 0.0112. The van der Waals surface area contributed by atoms with Gasteiger partial charge >= 0.3 is 0 Å². The predicted octanol–water partition coefficient (Wildman–Crippen LogP) is 5.97. The molecule has 4 rings (SSSR count). The number of rotatable bonds is 15. The fraction of sp³-hybridized carbons (Fsp3) is 0.278. The Morgan fingerprint density at radius 2 is 1.43 bits per heavy atom. The fourth-order valence-corrected chi connectivity index (χ4v) is 6.34. The number of carbonyl (C=O) groups excluding carboxylic acids is 2. The van der Waals surface area contributed by atoms with Gasteiger partial charge in [0.1, 0.15) is 24.2 Å². The van der Waals surface area contributed by atoms with E-state index in [4.69, 9.17) is 4.74 Å². The normalized spacial score (nSPS) is 12.5. The Kier molecular flexibility index (Phi) is 11.9. The number of benzene rings is 4. The van der Waals surface area contributed by atoms with E-state index in [1.54, 1.807) is 54.6 Å². The molecule has 0 aromatic heterocycles. The SMILES string of the molecule is CCOc1ccc(N(CC(=O)N(Cc2ccc(F)cc2)[C@H](Cc2ccccc2)C(=O)N[C@@H](C)CC)S(=O)(=O)c2ccccc2)cc1. The molecule has 0 bridgehead atoms. The van der Waals surface area contributed by atoms with Crippen LogP contribution in [0.1, 0.15) is 38.3 Å². The maximum Gasteiger partial charge on any atom is 0.264 e. The summed E-state index contributed by atoms with van der Waals surface area (Å²) in [5.74, 6) is -0.852. The number of hydrogen-bond acceptors (Lipinski definition) is 5. The molecular formula is C36H40FN3O5S. The zero-order valence-corrected chi connectivity index (χ0v) is 27.1. The smallest absolute Gasteiger partial charge is 0.264 e. The van der Waals surface area contributed by atoms with Gasteiger partial charge in [-0.05, 0) is 79.9 Å². The summed E-state index contributed by atoms with van der Waals surface area (Å²) in [6, 6.07) is 28.2. The van der Waals surface area contributed by atoms with Gasteiger partial charge in [-0.2, -0.15) is 0 Å². The Labute approximate surface area is 270 Å². The van der Waals surface area contributed by atoms with Crippen molar-refractivity contribution in [1.29, 1.82) is 0 Å². The van der Waals surface area contributed by atoms with Crippen LogP contribution >= 0.6 is 0 Å². The number of nitrogens with one attached hydrogen (secondary N) is 1. The van der Waals surface area contributed by atoms with Crippen LogP contribution in [0.2, 0.25) is 0 Å². The summed E-state index contributed by atoms with van der Waals surface area (Å²) in [4.78, 5) is 29.7. The van der Waals surface area contributed by atoms with E-state index in [0.717, 1.165) is 9.87 Å². The number of halogens is 1. The molecule has 2 atom stereocenters. The largest absolute Gasteiger partial charge is 0.494 e. The van der Waals surface area contributed by atoms with E-state index >= 15 is 0 Å². The topological polar surface area (TPSA) is 96.0 Å². The van der Waals surface area contributed by atoms with Crippen molar-refractivity contribution < 1.29 is 27.1 Å². The summed E-state index contributed by atoms with van der Waals surface area (Å²) in [5, 5.41) is 3.00. The lowest BCUT2D eigenvalue weighted by molar-refractivity contribution is -0.140. The molecule has 8 nitrogen and oxygen atoms in total. The first-order valence-corrected chi connectivity index (χ1v) is 16.7. The lowest BCUT2D eigenvalue weighted by Gasteiger charge is -2.34. The Hall–Kier alpha value is -4.70. The zero-order valence-electron chi connectivity index (χ0n) is 26.3. The molecule has 4 aromatic rings. The third-order valence-electron chi connectivity index (χ3n) is 7.58. The molecule has 2 amide bonds. The highest BCUT2D eigenvalue weighted by molar-refractivity contribution is 7.92. The number of ether oxygens (including phenoxy) is 1. The molecule has 0 heterocycles. The van der Waals surface area contributed by atoms with Crippen molar-refractivity contribution in [2.75, 3.05) is 17.5 Å². The van der Waals surface area contributed by atoms with Gasteiger partial charge in [-0.3, -0.25) is 13.9 Å². The molecule has 46 heavy (non-hydrogen) atoms. The first kappa shape index (κ1) is 34.2. The molecule has 0 aliphatic heterocycles. The Balaban J connectivity index is 1.79. The Morgan fingerprint density at radius 1 is 0.826 bits per heavy atom. The minimum atomic E-state index is -4.22. The summed E-state index contributed by atoms with van der Waals surface area (Å²) >= 11 is 0. The molecule has 0 saturated carbocycles. The van der Waals surface area contributed by atoms with E-state index in [1.165, 1.54) is 29.2 Å². The molecule has 0 radical (unpaired) electrons. The summed E-state index contributed by atoms with van der Waals surface area (Å²) in [7, 11) is -4.22. The van der Waals surface area contributed by atoms with Crippen LogP contribution < -0.4 is 14.4 Å². The van der Waals surface area contributed by atoms with Crippen LogP contribution in [0, 0.1) is 5.82 Å². The van der Waals surface area contributed by atoms with Crippen molar-refractivity contribution in [1.82, 2.24) is 10.2 Å². The van der Waals surface area contributed by atoms with E-state index in [1.807, 2.05) is 51.1 Å². The quantitative estimate of drug-likeness (QED) is 0.172. The molecule has 10 heteroatoms. The Bertz CT molecular complexity index is 1670. The molecule has 4 aromatic carbocycles. The number of amides is 2. The first-order chi connectivity index (χ1) is 22.1. The summed E-state index contributed by atoms with van der Waals surface area (Å²) in [6.45, 7) is 5.47. The van der Waals surface area contributed by atoms with Crippen LogP contribution in [0.25, 0.3) is 0 Å². The van der Waals surface area contributed by atoms with Crippen LogP contribution in [0.15, 0.2) is 114 Å². The number of anilines is 1. The van der Waals surface area contributed by atoms with Gasteiger partial charge in [0.25, 0.3) is 10.0 Å². The van der Waals surface area contributed by atoms with Crippen LogP contribution in [-0.4, -0.2) is 50.4 Å². The first-order valence-electron chi connectivity index (χ1n) is 15.3. The van der Waals surface area contributed by atoms with E-state index in [9.17, 15) is 22.4 Å². The van der Waals surface area contributed by atoms with E-state index < -0.39 is 34.3 Å². The van der Waals surface area contributed by atoms with Gasteiger partial charge in [0, 0.05) is 19.0 Å². The number of hydrogen-bond donors (Lipinski definition) is 1. The molecule has 0 fully saturated rings. The molecule has 242 valence electrons. The highest BCUT2D eigenvalue weighted by Crippen LogP contribution is 2.27. The van der Waals surface area contributed by atoms with Gasteiger partial charge in [0.2, 0.25) is 11.8 Å². The van der Waals surface area contributed by atoms with E-state index in [-0.39, 0.29) is 35.5 Å². The summed E-state index contributed by atoms with van der Waals surface area (Å²) < 4.78 is 48.6. The predicted molar refractivity (Wildman–Crippen MR) is 177 cm³/mol. The number of sulfonamides is 1. The maximum atomic E-state index is 14.5. The molecular weight excluding hydrogens is 605 g/mol. The second-order valence-corrected chi connectivity index (χ2v) is 12.8. The van der Waals surface area contributed by atoms with Crippen LogP contribution in [-0.2, 0) is 32.6 Å². The standard InChI is InChI=1S/C36H40FN3O5S/c1-4-27(3)38-36(42)34(24-28-12-8-6-9-13-28)39(25-29-16-18-30(37)19-17-29)35(41)26-40(31-20-22-32(23-21-31)45-5-2)46(43,44)33-14-10-7-11-15-33/h6-23,27,34H,4-5,24-26H2,1-3H3,(H,38,42)/t27-,34+/m0/s1. The highest BCUT2D eigenvalue weighted by atomic mass is 32.2. The number of nitrogens with zero attached hydrogens (tertiary/aromatic N) is 2. The second-order valence-electron chi connectivity index (χ2n) is 10.9. The minimum Gasteiger partial charge on any atom is -0.494 e. The highest BCUT2D eigenvalue weighted by Gasteiger charge is 2.35. The lowest BCUT2D eigenvalue weighted by Crippen LogP contribution is -2.54. The Morgan fingerprint density at radius 3 is 2.02 bits per heavy atom. The lowest BCUT2D eigenvalue weighted by atomic mass is 10.0.